The Kier molecular flexibility index (Phi) is 6.78. The van der Waals surface area contributed by atoms with E-state index in [9.17, 15) is 24.0 Å². The molecule has 0 saturated carbocycles. The van der Waals surface area contributed by atoms with Crippen LogP contribution in [-0.4, -0.2) is 26.8 Å². The predicted molar refractivity (Wildman–Crippen MR) is 102 cm³/mol. The van der Waals surface area contributed by atoms with Crippen molar-refractivity contribution in [2.75, 3.05) is 0 Å². The molecule has 0 unspecified atom stereocenters. The second kappa shape index (κ2) is 8.50. The number of benzene rings is 2. The Morgan fingerprint density at radius 2 is 1.07 bits per heavy atom. The van der Waals surface area contributed by atoms with Crippen molar-refractivity contribution in [2.24, 2.45) is 0 Å². The molecule has 2 aromatic carbocycles. The lowest BCUT2D eigenvalue weighted by atomic mass is 9.96. The molecule has 10 heteroatoms. The average molecular weight is 466 g/mol. The molecule has 0 spiro atoms. The zero-order valence-corrected chi connectivity index (χ0v) is 16.6. The second-order valence-electron chi connectivity index (χ2n) is 5.03. The fourth-order valence-electron chi connectivity index (χ4n) is 2.28. The highest BCUT2D eigenvalue weighted by atomic mass is 35.5. The lowest BCUT2D eigenvalue weighted by Gasteiger charge is -2.10. The molecule has 0 aromatic heterocycles. The monoisotopic (exact) mass is 464 g/mol. The molecule has 27 heavy (non-hydrogen) atoms. The van der Waals surface area contributed by atoms with Crippen LogP contribution < -0.4 is 0 Å². The Morgan fingerprint density at radius 3 is 1.56 bits per heavy atom. The Bertz CT molecular complexity index is 1030. The minimum absolute atomic E-state index is 0.0690. The summed E-state index contributed by atoms with van der Waals surface area (Å²) >= 11 is 27.7. The number of hydrogen-bond acceptors (Lipinski definition) is 5. The predicted octanol–water partition coefficient (Wildman–Crippen LogP) is 5.09. The number of rotatable bonds is 6. The standard InChI is InChI=1S/C17H5Cl5O5/c18-12-9(4-3-8(15(20)25)11(12)17(22)27)13(23)6-1-2-7(14(19)24)10(5-6)16(21)26/h1-5H. The van der Waals surface area contributed by atoms with Crippen molar-refractivity contribution in [3.8, 4) is 0 Å². The highest BCUT2D eigenvalue weighted by Gasteiger charge is 2.25. The van der Waals surface area contributed by atoms with Crippen LogP contribution in [0, 0.1) is 0 Å². The van der Waals surface area contributed by atoms with E-state index in [1.165, 1.54) is 12.1 Å². The minimum atomic E-state index is -1.08. The molecule has 0 N–H and O–H groups in total. The molecule has 0 aliphatic carbocycles. The Morgan fingerprint density at radius 1 is 0.593 bits per heavy atom. The number of halogens is 5. The van der Waals surface area contributed by atoms with Gasteiger partial charge in [0.15, 0.2) is 5.78 Å². The maximum absolute atomic E-state index is 12.8. The van der Waals surface area contributed by atoms with Gasteiger partial charge in [0.25, 0.3) is 21.0 Å². The summed E-state index contributed by atoms with van der Waals surface area (Å²) in [6.07, 6.45) is 0. The maximum Gasteiger partial charge on any atom is 0.254 e. The molecular weight excluding hydrogens is 461 g/mol. The molecule has 0 aliphatic rings. The van der Waals surface area contributed by atoms with Crippen LogP contribution in [0.15, 0.2) is 30.3 Å². The van der Waals surface area contributed by atoms with Crippen LogP contribution in [0.1, 0.15) is 57.4 Å². The summed E-state index contributed by atoms with van der Waals surface area (Å²) in [6.45, 7) is 0. The third-order valence-corrected chi connectivity index (χ3v) is 4.69. The van der Waals surface area contributed by atoms with Crippen LogP contribution in [0.3, 0.4) is 0 Å². The van der Waals surface area contributed by atoms with E-state index < -0.39 is 32.3 Å². The third-order valence-electron chi connectivity index (χ3n) is 3.50. The minimum Gasteiger partial charge on any atom is -0.289 e. The van der Waals surface area contributed by atoms with Crippen molar-refractivity contribution < 1.29 is 24.0 Å². The SMILES string of the molecule is O=C(Cl)c1ccc(C(=O)c2ccc(C(=O)Cl)c(C(=O)Cl)c2Cl)cc1C(=O)Cl. The van der Waals surface area contributed by atoms with E-state index in [1.54, 1.807) is 0 Å². The molecule has 5 nitrogen and oxygen atoms in total. The molecule has 0 radical (unpaired) electrons. The van der Waals surface area contributed by atoms with E-state index in [2.05, 4.69) is 0 Å². The van der Waals surface area contributed by atoms with E-state index >= 15 is 0 Å². The van der Waals surface area contributed by atoms with Gasteiger partial charge in [0.05, 0.1) is 10.6 Å². The van der Waals surface area contributed by atoms with Gasteiger partial charge in [-0.05, 0) is 70.7 Å². The molecular formula is C17H5Cl5O5. The van der Waals surface area contributed by atoms with Crippen molar-refractivity contribution in [3.05, 3.63) is 68.7 Å². The first-order chi connectivity index (χ1) is 12.6. The van der Waals surface area contributed by atoms with Gasteiger partial charge >= 0.3 is 0 Å². The van der Waals surface area contributed by atoms with Crippen molar-refractivity contribution >= 4 is 84.8 Å². The van der Waals surface area contributed by atoms with Gasteiger partial charge in [0.2, 0.25) is 0 Å². The summed E-state index contributed by atoms with van der Waals surface area (Å²) in [5.41, 5.74) is -1.40. The van der Waals surface area contributed by atoms with Gasteiger partial charge in [-0.3, -0.25) is 24.0 Å². The highest BCUT2D eigenvalue weighted by molar-refractivity contribution is 6.73. The zero-order chi connectivity index (χ0) is 20.5. The van der Waals surface area contributed by atoms with Crippen molar-refractivity contribution in [1.82, 2.24) is 0 Å². The van der Waals surface area contributed by atoms with Gasteiger partial charge in [-0.1, -0.05) is 17.7 Å². The van der Waals surface area contributed by atoms with Gasteiger partial charge in [-0.25, -0.2) is 0 Å². The molecule has 0 aliphatic heterocycles. The topological polar surface area (TPSA) is 85.3 Å². The summed E-state index contributed by atoms with van der Waals surface area (Å²) < 4.78 is 0. The lowest BCUT2D eigenvalue weighted by molar-refractivity contribution is 0.103. The van der Waals surface area contributed by atoms with E-state index in [-0.39, 0.29) is 32.8 Å². The average Bonchev–Trinajstić information content (AvgIpc) is 2.59. The lowest BCUT2D eigenvalue weighted by Crippen LogP contribution is -2.10. The first kappa shape index (κ1) is 21.5. The van der Waals surface area contributed by atoms with Crippen LogP contribution in [0.4, 0.5) is 0 Å². The van der Waals surface area contributed by atoms with E-state index in [4.69, 9.17) is 58.0 Å². The van der Waals surface area contributed by atoms with Crippen LogP contribution in [0.5, 0.6) is 0 Å². The van der Waals surface area contributed by atoms with Gasteiger partial charge in [0, 0.05) is 27.8 Å². The molecule has 2 rings (SSSR count). The number of carbonyl (C=O) groups excluding carboxylic acids is 5. The molecule has 138 valence electrons. The van der Waals surface area contributed by atoms with Crippen LogP contribution >= 0.6 is 58.0 Å². The first-order valence-corrected chi connectivity index (χ1v) is 8.75. The Hall–Kier alpha value is -1.76. The van der Waals surface area contributed by atoms with Crippen molar-refractivity contribution in [2.45, 2.75) is 0 Å². The molecule has 0 bridgehead atoms. The third kappa shape index (κ3) is 4.39. The zero-order valence-electron chi connectivity index (χ0n) is 12.8. The quantitative estimate of drug-likeness (QED) is 0.437. The Labute approximate surface area is 177 Å². The highest BCUT2D eigenvalue weighted by Crippen LogP contribution is 2.30. The first-order valence-electron chi connectivity index (χ1n) is 6.86. The number of ketones is 1. The summed E-state index contributed by atoms with van der Waals surface area (Å²) in [4.78, 5) is 58.6. The van der Waals surface area contributed by atoms with Gasteiger partial charge < -0.3 is 0 Å². The summed E-state index contributed by atoms with van der Waals surface area (Å²) in [7, 11) is 0. The van der Waals surface area contributed by atoms with Crippen molar-refractivity contribution in [3.63, 3.8) is 0 Å². The smallest absolute Gasteiger partial charge is 0.254 e. The number of carbonyl (C=O) groups is 5. The fourth-order valence-corrected chi connectivity index (χ4v) is 3.34. The molecule has 0 saturated heterocycles. The molecule has 0 fully saturated rings. The summed E-state index contributed by atoms with van der Waals surface area (Å²) in [6, 6.07) is 5.73. The van der Waals surface area contributed by atoms with Crippen LogP contribution in [-0.2, 0) is 0 Å². The number of hydrogen-bond donors (Lipinski definition) is 0. The van der Waals surface area contributed by atoms with Gasteiger partial charge in [0.1, 0.15) is 0 Å². The normalized spacial score (nSPS) is 10.4. The second-order valence-corrected chi connectivity index (χ2v) is 6.79. The molecule has 2 aromatic rings. The fraction of sp³-hybridized carbons (Fsp3) is 0. The Balaban J connectivity index is 2.65. The van der Waals surface area contributed by atoms with E-state index in [1.807, 2.05) is 0 Å². The molecule has 0 heterocycles. The van der Waals surface area contributed by atoms with Crippen LogP contribution in [0.25, 0.3) is 0 Å². The van der Waals surface area contributed by atoms with Gasteiger partial charge in [-0.15, -0.1) is 0 Å². The maximum atomic E-state index is 12.8. The van der Waals surface area contributed by atoms with Crippen LogP contribution in [0.2, 0.25) is 5.02 Å². The van der Waals surface area contributed by atoms with E-state index in [0.717, 1.165) is 18.2 Å². The largest absolute Gasteiger partial charge is 0.289 e. The van der Waals surface area contributed by atoms with E-state index in [0.29, 0.717) is 0 Å². The van der Waals surface area contributed by atoms with Gasteiger partial charge in [-0.2, -0.15) is 0 Å². The molecule has 0 atom stereocenters. The summed E-state index contributed by atoms with van der Waals surface area (Å²) in [5.74, 6) is -0.722. The van der Waals surface area contributed by atoms with Crippen molar-refractivity contribution in [1.29, 1.82) is 0 Å². The molecule has 0 amide bonds. The summed E-state index contributed by atoms with van der Waals surface area (Å²) in [5, 5.41) is -4.39.